The summed E-state index contributed by atoms with van der Waals surface area (Å²) in [6.07, 6.45) is 3.08. The molecule has 1 aromatic heterocycles. The first-order valence-electron chi connectivity index (χ1n) is 6.06. The molecule has 1 amide bonds. The van der Waals surface area contributed by atoms with Gasteiger partial charge in [0.2, 0.25) is 0 Å². The van der Waals surface area contributed by atoms with E-state index in [4.69, 9.17) is 0 Å². The number of carbonyl (C=O) groups is 1. The lowest BCUT2D eigenvalue weighted by molar-refractivity contribution is 0.102. The molecule has 0 saturated heterocycles. The van der Waals surface area contributed by atoms with Crippen LogP contribution in [0.1, 0.15) is 17.3 Å². The van der Waals surface area contributed by atoms with Crippen LogP contribution in [0.4, 0.5) is 15.8 Å². The lowest BCUT2D eigenvalue weighted by Gasteiger charge is -2.10. The lowest BCUT2D eigenvalue weighted by Crippen LogP contribution is -2.15. The van der Waals surface area contributed by atoms with E-state index in [9.17, 15) is 9.18 Å². The van der Waals surface area contributed by atoms with Crippen LogP contribution in [0.5, 0.6) is 0 Å². The number of carbonyl (C=O) groups excluding carboxylic acids is 1. The monoisotopic (exact) mass is 337 g/mol. The average molecular weight is 338 g/mol. The van der Waals surface area contributed by atoms with Gasteiger partial charge in [-0.2, -0.15) is 0 Å². The largest absolute Gasteiger partial charge is 0.385 e. The first kappa shape index (κ1) is 14.5. The van der Waals surface area contributed by atoms with E-state index in [1.54, 1.807) is 24.4 Å². The predicted octanol–water partition coefficient (Wildman–Crippen LogP) is 3.67. The number of hydrogen-bond acceptors (Lipinski definition) is 3. The Morgan fingerprint density at radius 1 is 1.40 bits per heavy atom. The van der Waals surface area contributed by atoms with Gasteiger partial charge in [-0.25, -0.2) is 4.39 Å². The Balaban J connectivity index is 2.21. The molecule has 6 heteroatoms. The van der Waals surface area contributed by atoms with E-state index in [0.29, 0.717) is 28.0 Å². The fourth-order valence-electron chi connectivity index (χ4n) is 1.69. The second-order valence-corrected chi connectivity index (χ2v) is 4.89. The number of amides is 1. The Morgan fingerprint density at radius 2 is 2.20 bits per heavy atom. The number of anilines is 2. The van der Waals surface area contributed by atoms with Crippen molar-refractivity contribution in [1.29, 1.82) is 0 Å². The maximum absolute atomic E-state index is 13.4. The van der Waals surface area contributed by atoms with Crippen LogP contribution in [0, 0.1) is 5.82 Å². The fourth-order valence-corrected chi connectivity index (χ4v) is 1.94. The molecule has 2 rings (SSSR count). The van der Waals surface area contributed by atoms with Gasteiger partial charge in [-0.05, 0) is 47.1 Å². The topological polar surface area (TPSA) is 54.0 Å². The molecule has 20 heavy (non-hydrogen) atoms. The van der Waals surface area contributed by atoms with E-state index in [0.717, 1.165) is 0 Å². The Bertz CT molecular complexity index is 634. The van der Waals surface area contributed by atoms with E-state index < -0.39 is 5.82 Å². The number of rotatable bonds is 4. The molecule has 0 radical (unpaired) electrons. The predicted molar refractivity (Wildman–Crippen MR) is 80.5 cm³/mol. The van der Waals surface area contributed by atoms with Crippen LogP contribution in [0.2, 0.25) is 0 Å². The lowest BCUT2D eigenvalue weighted by atomic mass is 10.2. The quantitative estimate of drug-likeness (QED) is 0.894. The average Bonchev–Trinajstić information content (AvgIpc) is 2.44. The van der Waals surface area contributed by atoms with E-state index in [1.807, 2.05) is 6.92 Å². The number of aromatic nitrogens is 1. The molecule has 4 nitrogen and oxygen atoms in total. The van der Waals surface area contributed by atoms with Crippen LogP contribution in [-0.4, -0.2) is 17.4 Å². The minimum atomic E-state index is -0.430. The van der Waals surface area contributed by atoms with Gasteiger partial charge < -0.3 is 10.6 Å². The summed E-state index contributed by atoms with van der Waals surface area (Å²) in [6.45, 7) is 2.63. The molecule has 0 atom stereocenters. The molecule has 0 bridgehead atoms. The van der Waals surface area contributed by atoms with Crippen LogP contribution in [0.3, 0.4) is 0 Å². The molecule has 0 saturated carbocycles. The third kappa shape index (κ3) is 3.33. The minimum absolute atomic E-state index is 0.337. The highest BCUT2D eigenvalue weighted by Crippen LogP contribution is 2.21. The third-order valence-corrected chi connectivity index (χ3v) is 3.25. The van der Waals surface area contributed by atoms with E-state index >= 15 is 0 Å². The van der Waals surface area contributed by atoms with Gasteiger partial charge in [-0.15, -0.1) is 0 Å². The van der Waals surface area contributed by atoms with Crippen LogP contribution >= 0.6 is 15.9 Å². The third-order valence-electron chi connectivity index (χ3n) is 2.61. The maximum Gasteiger partial charge on any atom is 0.259 e. The van der Waals surface area contributed by atoms with Gasteiger partial charge >= 0.3 is 0 Å². The van der Waals surface area contributed by atoms with Gasteiger partial charge in [0.15, 0.2) is 0 Å². The van der Waals surface area contributed by atoms with E-state index in [-0.39, 0.29) is 5.91 Å². The highest BCUT2D eigenvalue weighted by atomic mass is 79.9. The smallest absolute Gasteiger partial charge is 0.259 e. The van der Waals surface area contributed by atoms with Crippen molar-refractivity contribution >= 4 is 33.2 Å². The molecule has 1 aromatic carbocycles. The molecule has 0 aliphatic heterocycles. The number of benzene rings is 1. The van der Waals surface area contributed by atoms with Gasteiger partial charge in [0.1, 0.15) is 5.82 Å². The van der Waals surface area contributed by atoms with Crippen LogP contribution in [-0.2, 0) is 0 Å². The summed E-state index contributed by atoms with van der Waals surface area (Å²) >= 11 is 3.06. The highest BCUT2D eigenvalue weighted by molar-refractivity contribution is 9.10. The summed E-state index contributed by atoms with van der Waals surface area (Å²) in [5.74, 6) is -0.767. The first-order chi connectivity index (χ1) is 9.61. The molecular weight excluding hydrogens is 325 g/mol. The number of nitrogens with one attached hydrogen (secondary N) is 2. The molecule has 104 valence electrons. The van der Waals surface area contributed by atoms with Gasteiger partial charge in [-0.3, -0.25) is 9.78 Å². The van der Waals surface area contributed by atoms with Crippen molar-refractivity contribution in [2.75, 3.05) is 17.2 Å². The summed E-state index contributed by atoms with van der Waals surface area (Å²) in [5.41, 5.74) is 1.50. The van der Waals surface area contributed by atoms with Gasteiger partial charge in [0.25, 0.3) is 5.91 Å². The van der Waals surface area contributed by atoms with Crippen LogP contribution in [0.25, 0.3) is 0 Å². The molecule has 0 unspecified atom stereocenters. The second-order valence-electron chi connectivity index (χ2n) is 4.03. The van der Waals surface area contributed by atoms with Crippen LogP contribution in [0.15, 0.2) is 41.1 Å². The zero-order chi connectivity index (χ0) is 14.5. The zero-order valence-corrected chi connectivity index (χ0v) is 12.4. The molecule has 0 spiro atoms. The SMILES string of the molecule is CCNc1ccncc1C(=O)Nc1ccc(Br)c(F)c1. The molecule has 0 fully saturated rings. The second kappa shape index (κ2) is 6.47. The Labute approximate surface area is 124 Å². The van der Waals surface area contributed by atoms with E-state index in [1.165, 1.54) is 12.3 Å². The van der Waals surface area contributed by atoms with Gasteiger partial charge in [-0.1, -0.05) is 0 Å². The summed E-state index contributed by atoms with van der Waals surface area (Å²) in [4.78, 5) is 16.1. The molecule has 2 N–H and O–H groups in total. The van der Waals surface area contributed by atoms with Gasteiger partial charge in [0, 0.05) is 24.6 Å². The Morgan fingerprint density at radius 3 is 2.90 bits per heavy atom. The minimum Gasteiger partial charge on any atom is -0.385 e. The Hall–Kier alpha value is -1.95. The standard InChI is InChI=1S/C14H13BrFN3O/c1-2-18-13-5-6-17-8-10(13)14(20)19-9-3-4-11(15)12(16)7-9/h3-8H,2H2,1H3,(H,17,18)(H,19,20). The zero-order valence-electron chi connectivity index (χ0n) is 10.8. The Kier molecular flexibility index (Phi) is 4.68. The molecule has 1 heterocycles. The fraction of sp³-hybridized carbons (Fsp3) is 0.143. The number of hydrogen-bond donors (Lipinski definition) is 2. The summed E-state index contributed by atoms with van der Waals surface area (Å²) in [6, 6.07) is 6.14. The summed E-state index contributed by atoms with van der Waals surface area (Å²) in [7, 11) is 0. The summed E-state index contributed by atoms with van der Waals surface area (Å²) in [5, 5.41) is 5.73. The summed E-state index contributed by atoms with van der Waals surface area (Å²) < 4.78 is 13.8. The first-order valence-corrected chi connectivity index (χ1v) is 6.85. The van der Waals surface area contributed by atoms with E-state index in [2.05, 4.69) is 31.5 Å². The van der Waals surface area contributed by atoms with Crippen molar-refractivity contribution in [2.45, 2.75) is 6.92 Å². The number of halogens is 2. The van der Waals surface area contributed by atoms with Crippen molar-refractivity contribution < 1.29 is 9.18 Å². The van der Waals surface area contributed by atoms with Crippen molar-refractivity contribution in [2.24, 2.45) is 0 Å². The van der Waals surface area contributed by atoms with Crippen molar-refractivity contribution in [3.8, 4) is 0 Å². The number of pyridine rings is 1. The molecule has 0 aliphatic carbocycles. The van der Waals surface area contributed by atoms with Crippen molar-refractivity contribution in [3.05, 3.63) is 52.5 Å². The highest BCUT2D eigenvalue weighted by Gasteiger charge is 2.12. The molecule has 2 aromatic rings. The molecule has 0 aliphatic rings. The van der Waals surface area contributed by atoms with Crippen LogP contribution < -0.4 is 10.6 Å². The van der Waals surface area contributed by atoms with Crippen molar-refractivity contribution in [1.82, 2.24) is 4.98 Å². The number of nitrogens with zero attached hydrogens (tertiary/aromatic N) is 1. The van der Waals surface area contributed by atoms with Crippen molar-refractivity contribution in [3.63, 3.8) is 0 Å². The van der Waals surface area contributed by atoms with Gasteiger partial charge in [0.05, 0.1) is 15.7 Å². The maximum atomic E-state index is 13.4. The molecular formula is C14H13BrFN3O. The normalized spacial score (nSPS) is 10.2.